The Labute approximate surface area is 148 Å². The molecule has 0 unspecified atom stereocenters. The van der Waals surface area contributed by atoms with Crippen LogP contribution >= 0.6 is 11.3 Å². The summed E-state index contributed by atoms with van der Waals surface area (Å²) < 4.78 is 2.50. The van der Waals surface area contributed by atoms with E-state index in [2.05, 4.69) is 11.9 Å². The highest BCUT2D eigenvalue weighted by molar-refractivity contribution is 7.16. The predicted octanol–water partition coefficient (Wildman–Crippen LogP) is 3.40. The van der Waals surface area contributed by atoms with Crippen molar-refractivity contribution in [2.45, 2.75) is 26.8 Å². The maximum absolute atomic E-state index is 12.4. The van der Waals surface area contributed by atoms with Gasteiger partial charge in [0, 0.05) is 5.56 Å². The van der Waals surface area contributed by atoms with Gasteiger partial charge in [-0.3, -0.25) is 9.59 Å². The lowest BCUT2D eigenvalue weighted by atomic mass is 10.1. The van der Waals surface area contributed by atoms with Gasteiger partial charge in [0.05, 0.1) is 10.2 Å². The van der Waals surface area contributed by atoms with Crippen molar-refractivity contribution >= 4 is 33.4 Å². The van der Waals surface area contributed by atoms with Gasteiger partial charge in [0.1, 0.15) is 6.54 Å². The van der Waals surface area contributed by atoms with Crippen molar-refractivity contribution in [2.24, 2.45) is 4.99 Å². The van der Waals surface area contributed by atoms with Gasteiger partial charge in [0.25, 0.3) is 5.91 Å². The smallest absolute Gasteiger partial charge is 0.323 e. The monoisotopic (exact) mass is 354 g/mol. The number of hydrogen-bond donors (Lipinski definition) is 1. The molecule has 25 heavy (non-hydrogen) atoms. The summed E-state index contributed by atoms with van der Waals surface area (Å²) in [5.74, 6) is -1.34. The molecule has 0 spiro atoms. The fourth-order valence-electron chi connectivity index (χ4n) is 2.56. The molecule has 5 nitrogen and oxygen atoms in total. The molecule has 0 saturated carbocycles. The normalized spacial score (nSPS) is 11.8. The van der Waals surface area contributed by atoms with E-state index in [1.807, 2.05) is 37.3 Å². The third-order valence-corrected chi connectivity index (χ3v) is 4.99. The summed E-state index contributed by atoms with van der Waals surface area (Å²) in [6.07, 6.45) is 0.890. The number of aliphatic carboxylic acids is 1. The summed E-state index contributed by atoms with van der Waals surface area (Å²) in [5, 5.41) is 9.21. The predicted molar refractivity (Wildman–Crippen MR) is 97.9 cm³/mol. The number of carboxylic acids is 1. The molecule has 0 radical (unpaired) electrons. The van der Waals surface area contributed by atoms with E-state index in [9.17, 15) is 14.7 Å². The molecule has 0 aliphatic rings. The van der Waals surface area contributed by atoms with Crippen molar-refractivity contribution in [3.63, 3.8) is 0 Å². The Morgan fingerprint density at radius 3 is 2.52 bits per heavy atom. The van der Waals surface area contributed by atoms with Crippen LogP contribution in [0.1, 0.15) is 28.4 Å². The van der Waals surface area contributed by atoms with Gasteiger partial charge in [-0.05, 0) is 43.2 Å². The molecule has 1 N–H and O–H groups in total. The zero-order valence-electron chi connectivity index (χ0n) is 14.0. The number of fused-ring (bicyclic) bond motifs is 1. The number of carbonyl (C=O) groups is 2. The van der Waals surface area contributed by atoms with E-state index in [1.165, 1.54) is 11.3 Å². The molecule has 1 aromatic heterocycles. The number of carbonyl (C=O) groups excluding carboxylic acids is 1. The molecule has 3 rings (SSSR count). The van der Waals surface area contributed by atoms with Gasteiger partial charge >= 0.3 is 5.97 Å². The Balaban J connectivity index is 2.14. The second-order valence-corrected chi connectivity index (χ2v) is 6.81. The number of carboxylic acid groups (broad SMARTS) is 1. The maximum atomic E-state index is 12.4. The molecule has 3 aromatic rings. The Morgan fingerprint density at radius 1 is 1.16 bits per heavy atom. The van der Waals surface area contributed by atoms with Crippen molar-refractivity contribution < 1.29 is 14.7 Å². The molecular formula is C19H18N2O3S. The third kappa shape index (κ3) is 3.69. The largest absolute Gasteiger partial charge is 0.480 e. The molecule has 1 heterocycles. The Kier molecular flexibility index (Phi) is 4.81. The highest BCUT2D eigenvalue weighted by Gasteiger charge is 2.12. The number of nitrogens with zero attached hydrogens (tertiary/aromatic N) is 2. The third-order valence-electron chi connectivity index (χ3n) is 3.94. The van der Waals surface area contributed by atoms with Crippen molar-refractivity contribution in [1.29, 1.82) is 0 Å². The van der Waals surface area contributed by atoms with Crippen LogP contribution < -0.4 is 4.80 Å². The lowest BCUT2D eigenvalue weighted by Crippen LogP contribution is -2.21. The van der Waals surface area contributed by atoms with Gasteiger partial charge in [0.2, 0.25) is 0 Å². The quantitative estimate of drug-likeness (QED) is 0.780. The first-order valence-corrected chi connectivity index (χ1v) is 8.79. The van der Waals surface area contributed by atoms with E-state index in [4.69, 9.17) is 0 Å². The van der Waals surface area contributed by atoms with E-state index >= 15 is 0 Å². The number of rotatable bonds is 4. The fourth-order valence-corrected chi connectivity index (χ4v) is 3.65. The highest BCUT2D eigenvalue weighted by atomic mass is 32.1. The zero-order chi connectivity index (χ0) is 18.0. The van der Waals surface area contributed by atoms with Crippen LogP contribution in [0.15, 0.2) is 47.5 Å². The first kappa shape index (κ1) is 17.1. The van der Waals surface area contributed by atoms with Crippen LogP contribution in [0.2, 0.25) is 0 Å². The lowest BCUT2D eigenvalue weighted by Gasteiger charge is -2.02. The molecule has 0 fully saturated rings. The first-order valence-electron chi connectivity index (χ1n) is 7.97. The van der Waals surface area contributed by atoms with Gasteiger partial charge in [-0.1, -0.05) is 42.0 Å². The summed E-state index contributed by atoms with van der Waals surface area (Å²) in [6, 6.07) is 13.0. The Hall–Kier alpha value is -2.73. The van der Waals surface area contributed by atoms with Gasteiger partial charge in [-0.25, -0.2) is 0 Å². The molecule has 6 heteroatoms. The molecule has 2 aromatic carbocycles. The van der Waals surface area contributed by atoms with Crippen LogP contribution in [-0.2, 0) is 17.8 Å². The van der Waals surface area contributed by atoms with Crippen LogP contribution in [-0.4, -0.2) is 21.6 Å². The average Bonchev–Trinajstić information content (AvgIpc) is 2.91. The first-order chi connectivity index (χ1) is 12.0. The molecule has 1 amide bonds. The van der Waals surface area contributed by atoms with Crippen LogP contribution in [0.3, 0.4) is 0 Å². The van der Waals surface area contributed by atoms with Crippen molar-refractivity contribution in [2.75, 3.05) is 0 Å². The molecule has 128 valence electrons. The summed E-state index contributed by atoms with van der Waals surface area (Å²) in [5.41, 5.74) is 3.48. The Morgan fingerprint density at radius 2 is 1.88 bits per heavy atom. The summed E-state index contributed by atoms with van der Waals surface area (Å²) in [6.45, 7) is 3.78. The maximum Gasteiger partial charge on any atom is 0.323 e. The van der Waals surface area contributed by atoms with E-state index in [1.54, 1.807) is 16.7 Å². The summed E-state index contributed by atoms with van der Waals surface area (Å²) in [4.78, 5) is 28.3. The minimum absolute atomic E-state index is 0.231. The van der Waals surface area contributed by atoms with Crippen molar-refractivity contribution in [3.8, 4) is 0 Å². The van der Waals surface area contributed by atoms with E-state index in [0.29, 0.717) is 10.4 Å². The van der Waals surface area contributed by atoms with Crippen LogP contribution in [0.5, 0.6) is 0 Å². The minimum Gasteiger partial charge on any atom is -0.480 e. The SMILES string of the molecule is CCc1ccc2c(c1)sc(=NC(=O)c1ccc(C)cc1)n2CC(=O)O. The van der Waals surface area contributed by atoms with Crippen LogP contribution in [0.25, 0.3) is 10.2 Å². The number of benzene rings is 2. The number of thiazole rings is 1. The fraction of sp³-hybridized carbons (Fsp3) is 0.211. The highest BCUT2D eigenvalue weighted by Crippen LogP contribution is 2.20. The van der Waals surface area contributed by atoms with E-state index < -0.39 is 5.97 Å². The van der Waals surface area contributed by atoms with Gasteiger partial charge in [-0.2, -0.15) is 4.99 Å². The molecule has 0 atom stereocenters. The number of amides is 1. The topological polar surface area (TPSA) is 71.7 Å². The zero-order valence-corrected chi connectivity index (χ0v) is 14.8. The van der Waals surface area contributed by atoms with Crippen LogP contribution in [0, 0.1) is 6.92 Å². The van der Waals surface area contributed by atoms with Gasteiger partial charge in [0.15, 0.2) is 4.80 Å². The number of aryl methyl sites for hydroxylation is 2. The standard InChI is InChI=1S/C19H18N2O3S/c1-3-13-6-9-15-16(10-13)25-19(21(15)11-17(22)23)20-18(24)14-7-4-12(2)5-8-14/h4-10H,3,11H2,1-2H3,(H,22,23). The molecule has 0 bridgehead atoms. The number of aromatic nitrogens is 1. The second-order valence-electron chi connectivity index (χ2n) is 5.80. The molecular weight excluding hydrogens is 336 g/mol. The molecule has 0 aliphatic carbocycles. The van der Waals surface area contributed by atoms with Gasteiger partial charge < -0.3 is 9.67 Å². The molecule has 0 saturated heterocycles. The second kappa shape index (κ2) is 7.03. The van der Waals surface area contributed by atoms with E-state index in [-0.39, 0.29) is 12.5 Å². The van der Waals surface area contributed by atoms with Gasteiger partial charge in [-0.15, -0.1) is 0 Å². The van der Waals surface area contributed by atoms with Crippen LogP contribution in [0.4, 0.5) is 0 Å². The molecule has 0 aliphatic heterocycles. The summed E-state index contributed by atoms with van der Waals surface area (Å²) >= 11 is 1.33. The summed E-state index contributed by atoms with van der Waals surface area (Å²) in [7, 11) is 0. The lowest BCUT2D eigenvalue weighted by molar-refractivity contribution is -0.137. The van der Waals surface area contributed by atoms with Crippen molar-refractivity contribution in [1.82, 2.24) is 4.57 Å². The average molecular weight is 354 g/mol. The van der Waals surface area contributed by atoms with Crippen molar-refractivity contribution in [3.05, 3.63) is 64.0 Å². The minimum atomic E-state index is -0.969. The van der Waals surface area contributed by atoms with E-state index in [0.717, 1.165) is 27.8 Å². The number of hydrogen-bond acceptors (Lipinski definition) is 3. The Bertz CT molecular complexity index is 1010.